The van der Waals surface area contributed by atoms with Gasteiger partial charge in [0.25, 0.3) is 0 Å². The summed E-state index contributed by atoms with van der Waals surface area (Å²) in [4.78, 5) is 11.6. The summed E-state index contributed by atoms with van der Waals surface area (Å²) in [6.45, 7) is 4.40. The van der Waals surface area contributed by atoms with Crippen molar-refractivity contribution < 1.29 is 4.79 Å². The number of nitrogens with one attached hydrogen (secondary N) is 1. The van der Waals surface area contributed by atoms with Crippen molar-refractivity contribution in [2.24, 2.45) is 0 Å². The van der Waals surface area contributed by atoms with E-state index in [1.807, 2.05) is 13.8 Å². The van der Waals surface area contributed by atoms with Crippen molar-refractivity contribution in [2.45, 2.75) is 19.9 Å². The summed E-state index contributed by atoms with van der Waals surface area (Å²) in [5.41, 5.74) is 6.90. The van der Waals surface area contributed by atoms with Gasteiger partial charge in [-0.2, -0.15) is 0 Å². The average Bonchev–Trinajstić information content (AvgIpc) is 2.15. The Morgan fingerprint density at radius 1 is 1.25 bits per heavy atom. The number of ketones is 1. The number of carbonyl (C=O) groups excluding carboxylic acids is 1. The van der Waals surface area contributed by atoms with E-state index >= 15 is 0 Å². The van der Waals surface area contributed by atoms with Crippen LogP contribution in [0.25, 0.3) is 0 Å². The summed E-state index contributed by atoms with van der Waals surface area (Å²) in [7, 11) is 0. The highest BCUT2D eigenvalue weighted by atomic mass is 35.5. The zero-order chi connectivity index (χ0) is 10.6. The van der Waals surface area contributed by atoms with Gasteiger partial charge in [0, 0.05) is 17.3 Å². The van der Waals surface area contributed by atoms with Gasteiger partial charge in [0.05, 0.1) is 6.54 Å². The Balaban J connectivity index is 0. The smallest absolute Gasteiger partial charge is 0.176 e. The Hall–Kier alpha value is -0.770. The van der Waals surface area contributed by atoms with Gasteiger partial charge in [-0.05, 0) is 24.3 Å². The van der Waals surface area contributed by atoms with Crippen LogP contribution in [-0.4, -0.2) is 18.4 Å². The van der Waals surface area contributed by atoms with E-state index in [1.165, 1.54) is 0 Å². The molecular formula is C11H18Cl2N2O. The van der Waals surface area contributed by atoms with Crippen LogP contribution in [0.4, 0.5) is 5.69 Å². The van der Waals surface area contributed by atoms with Gasteiger partial charge in [0.15, 0.2) is 5.78 Å². The monoisotopic (exact) mass is 264 g/mol. The van der Waals surface area contributed by atoms with E-state index in [4.69, 9.17) is 5.73 Å². The van der Waals surface area contributed by atoms with E-state index in [9.17, 15) is 4.79 Å². The highest BCUT2D eigenvalue weighted by Gasteiger charge is 2.05. The lowest BCUT2D eigenvalue weighted by molar-refractivity contribution is 0.0988. The van der Waals surface area contributed by atoms with Gasteiger partial charge in [0.1, 0.15) is 0 Å². The summed E-state index contributed by atoms with van der Waals surface area (Å²) in [6.07, 6.45) is 0. The van der Waals surface area contributed by atoms with Gasteiger partial charge >= 0.3 is 0 Å². The molecule has 0 heterocycles. The number of rotatable bonds is 4. The second-order valence-electron chi connectivity index (χ2n) is 3.58. The minimum atomic E-state index is 0. The maximum atomic E-state index is 11.6. The Morgan fingerprint density at radius 2 is 1.75 bits per heavy atom. The molecule has 0 spiro atoms. The van der Waals surface area contributed by atoms with E-state index < -0.39 is 0 Å². The molecule has 0 atom stereocenters. The van der Waals surface area contributed by atoms with E-state index in [-0.39, 0.29) is 30.6 Å². The van der Waals surface area contributed by atoms with Crippen LogP contribution in [0.1, 0.15) is 24.2 Å². The van der Waals surface area contributed by atoms with Crippen molar-refractivity contribution in [3.63, 3.8) is 0 Å². The number of hydrogen-bond donors (Lipinski definition) is 2. The molecule has 0 aliphatic carbocycles. The minimum absolute atomic E-state index is 0. The quantitative estimate of drug-likeness (QED) is 0.648. The lowest BCUT2D eigenvalue weighted by Gasteiger charge is -2.06. The fourth-order valence-corrected chi connectivity index (χ4v) is 1.07. The van der Waals surface area contributed by atoms with Crippen LogP contribution < -0.4 is 11.1 Å². The van der Waals surface area contributed by atoms with E-state index in [0.717, 1.165) is 0 Å². The average molecular weight is 265 g/mol. The highest BCUT2D eigenvalue weighted by Crippen LogP contribution is 2.05. The Kier molecular flexibility index (Phi) is 9.24. The predicted octanol–water partition coefficient (Wildman–Crippen LogP) is 2.29. The molecule has 0 fully saturated rings. The van der Waals surface area contributed by atoms with Gasteiger partial charge in [-0.1, -0.05) is 13.8 Å². The molecule has 92 valence electrons. The first-order chi connectivity index (χ1) is 6.59. The second kappa shape index (κ2) is 8.39. The van der Waals surface area contributed by atoms with Crippen LogP contribution in [0.2, 0.25) is 0 Å². The summed E-state index contributed by atoms with van der Waals surface area (Å²) >= 11 is 0. The van der Waals surface area contributed by atoms with E-state index in [0.29, 0.717) is 23.8 Å². The molecule has 0 amide bonds. The third-order valence-corrected chi connectivity index (χ3v) is 1.90. The number of halogens is 2. The van der Waals surface area contributed by atoms with Crippen LogP contribution in [0.5, 0.6) is 0 Å². The largest absolute Gasteiger partial charge is 0.399 e. The molecule has 1 aromatic carbocycles. The van der Waals surface area contributed by atoms with Gasteiger partial charge in [-0.3, -0.25) is 4.79 Å². The molecular weight excluding hydrogens is 247 g/mol. The Labute approximate surface area is 109 Å². The predicted molar refractivity (Wildman–Crippen MR) is 72.8 cm³/mol. The molecule has 0 radical (unpaired) electrons. The summed E-state index contributed by atoms with van der Waals surface area (Å²) < 4.78 is 0. The van der Waals surface area contributed by atoms with Crippen molar-refractivity contribution >= 4 is 36.3 Å². The topological polar surface area (TPSA) is 55.1 Å². The van der Waals surface area contributed by atoms with Crippen molar-refractivity contribution in [1.82, 2.24) is 5.32 Å². The molecule has 1 aromatic rings. The highest BCUT2D eigenvalue weighted by molar-refractivity contribution is 5.97. The van der Waals surface area contributed by atoms with Gasteiger partial charge in [-0.25, -0.2) is 0 Å². The third kappa shape index (κ3) is 5.95. The SMILES string of the molecule is CC(C)NCC(=O)c1ccc(N)cc1.Cl.Cl. The number of anilines is 1. The van der Waals surface area contributed by atoms with Gasteiger partial charge in [0.2, 0.25) is 0 Å². The van der Waals surface area contributed by atoms with Crippen LogP contribution in [0, 0.1) is 0 Å². The van der Waals surface area contributed by atoms with Gasteiger partial charge in [-0.15, -0.1) is 24.8 Å². The number of benzene rings is 1. The molecule has 0 saturated carbocycles. The first-order valence-corrected chi connectivity index (χ1v) is 4.71. The number of hydrogen-bond acceptors (Lipinski definition) is 3. The van der Waals surface area contributed by atoms with Crippen molar-refractivity contribution in [1.29, 1.82) is 0 Å². The Bertz CT molecular complexity index is 312. The maximum absolute atomic E-state index is 11.6. The molecule has 0 bridgehead atoms. The zero-order valence-corrected chi connectivity index (χ0v) is 11.0. The Morgan fingerprint density at radius 3 is 2.19 bits per heavy atom. The molecule has 0 saturated heterocycles. The molecule has 0 aromatic heterocycles. The van der Waals surface area contributed by atoms with Gasteiger partial charge < -0.3 is 11.1 Å². The molecule has 3 N–H and O–H groups in total. The van der Waals surface area contributed by atoms with Crippen molar-refractivity contribution in [3.05, 3.63) is 29.8 Å². The minimum Gasteiger partial charge on any atom is -0.399 e. The fourth-order valence-electron chi connectivity index (χ4n) is 1.07. The molecule has 0 aliphatic heterocycles. The fraction of sp³-hybridized carbons (Fsp3) is 0.364. The van der Waals surface area contributed by atoms with Crippen LogP contribution in [-0.2, 0) is 0 Å². The number of Topliss-reactive ketones (excluding diaryl/α,β-unsaturated/α-hetero) is 1. The molecule has 0 unspecified atom stereocenters. The molecule has 1 rings (SSSR count). The second-order valence-corrected chi connectivity index (χ2v) is 3.58. The third-order valence-electron chi connectivity index (χ3n) is 1.90. The standard InChI is InChI=1S/C11H16N2O.2ClH/c1-8(2)13-7-11(14)9-3-5-10(12)6-4-9;;/h3-6,8,13H,7,12H2,1-2H3;2*1H. The number of nitrogens with two attached hydrogens (primary N) is 1. The first kappa shape index (κ1) is 17.6. The van der Waals surface area contributed by atoms with Crippen molar-refractivity contribution in [2.75, 3.05) is 12.3 Å². The van der Waals surface area contributed by atoms with E-state index in [2.05, 4.69) is 5.32 Å². The van der Waals surface area contributed by atoms with Crippen LogP contribution in [0.3, 0.4) is 0 Å². The molecule has 5 heteroatoms. The number of nitrogen functional groups attached to an aromatic ring is 1. The van der Waals surface area contributed by atoms with E-state index in [1.54, 1.807) is 24.3 Å². The summed E-state index contributed by atoms with van der Waals surface area (Å²) in [6, 6.07) is 7.30. The van der Waals surface area contributed by atoms with Crippen LogP contribution in [0.15, 0.2) is 24.3 Å². The van der Waals surface area contributed by atoms with Crippen LogP contribution >= 0.6 is 24.8 Å². The number of carbonyl (C=O) groups is 1. The lowest BCUT2D eigenvalue weighted by Crippen LogP contribution is -2.29. The molecule has 3 nitrogen and oxygen atoms in total. The lowest BCUT2D eigenvalue weighted by atomic mass is 10.1. The zero-order valence-electron chi connectivity index (χ0n) is 9.40. The molecule has 0 aliphatic rings. The van der Waals surface area contributed by atoms with Crippen molar-refractivity contribution in [3.8, 4) is 0 Å². The normalized spacial score (nSPS) is 9.19. The molecule has 16 heavy (non-hydrogen) atoms. The first-order valence-electron chi connectivity index (χ1n) is 4.71. The maximum Gasteiger partial charge on any atom is 0.176 e. The summed E-state index contributed by atoms with van der Waals surface area (Å²) in [5.74, 6) is 0.0960. The summed E-state index contributed by atoms with van der Waals surface area (Å²) in [5, 5.41) is 3.08.